The zero-order valence-corrected chi connectivity index (χ0v) is 23.4. The molecule has 2 amide bonds. The van der Waals surface area contributed by atoms with Crippen molar-refractivity contribution in [1.82, 2.24) is 0 Å². The molecule has 222 valence electrons. The van der Waals surface area contributed by atoms with Gasteiger partial charge in [0.2, 0.25) is 11.8 Å². The molecular formula is C30H36N6O6. The number of hydrogen-bond donors (Lipinski definition) is 6. The molecule has 1 unspecified atom stereocenters. The van der Waals surface area contributed by atoms with E-state index in [1.54, 1.807) is 18.2 Å². The molecule has 0 saturated carbocycles. The summed E-state index contributed by atoms with van der Waals surface area (Å²) in [5.74, 6) is -1.83. The predicted molar refractivity (Wildman–Crippen MR) is 159 cm³/mol. The third kappa shape index (κ3) is 6.35. The number of nitrogen functional groups attached to an aromatic ring is 2. The molecule has 2 heterocycles. The minimum absolute atomic E-state index is 0.243. The lowest BCUT2D eigenvalue weighted by atomic mass is 10.0. The van der Waals surface area contributed by atoms with Gasteiger partial charge in [-0.3, -0.25) is 9.59 Å². The molecule has 2 aliphatic rings. The van der Waals surface area contributed by atoms with Gasteiger partial charge < -0.3 is 52.5 Å². The van der Waals surface area contributed by atoms with Crippen LogP contribution in [0.2, 0.25) is 0 Å². The molecule has 4 bridgehead atoms. The van der Waals surface area contributed by atoms with E-state index in [2.05, 4.69) is 10.6 Å². The Hall–Kier alpha value is -4.52. The first-order valence-electron chi connectivity index (χ1n) is 13.7. The molecule has 1 saturated heterocycles. The molecular weight excluding hydrogens is 540 g/mol. The van der Waals surface area contributed by atoms with Gasteiger partial charge in [0.05, 0.1) is 36.9 Å². The molecule has 3 atom stereocenters. The maximum Gasteiger partial charge on any atom is 0.248 e. The number of rotatable bonds is 5. The van der Waals surface area contributed by atoms with Crippen molar-refractivity contribution in [2.45, 2.75) is 37.9 Å². The number of hydrogen-bond acceptors (Lipinski definition) is 10. The average Bonchev–Trinajstić information content (AvgIpc) is 3.29. The number of benzene rings is 3. The van der Waals surface area contributed by atoms with Crippen molar-refractivity contribution in [3.63, 3.8) is 0 Å². The number of nitrogens with two attached hydrogens (primary N) is 4. The van der Waals surface area contributed by atoms with Gasteiger partial charge in [-0.05, 0) is 48.9 Å². The van der Waals surface area contributed by atoms with Gasteiger partial charge in [0, 0.05) is 36.2 Å². The zero-order valence-electron chi connectivity index (χ0n) is 23.4. The van der Waals surface area contributed by atoms with Crippen LogP contribution < -0.4 is 38.3 Å². The van der Waals surface area contributed by atoms with Gasteiger partial charge in [-0.25, -0.2) is 0 Å². The van der Waals surface area contributed by atoms with Crippen LogP contribution in [0.5, 0.6) is 5.75 Å². The summed E-state index contributed by atoms with van der Waals surface area (Å²) in [5, 5.41) is 6.66. The minimum Gasteiger partial charge on any atom is -0.491 e. The van der Waals surface area contributed by atoms with Crippen LogP contribution >= 0.6 is 0 Å². The summed E-state index contributed by atoms with van der Waals surface area (Å²) in [6.45, 7) is 3.75. The lowest BCUT2D eigenvalue weighted by molar-refractivity contribution is -0.167. The summed E-state index contributed by atoms with van der Waals surface area (Å²) in [5.41, 5.74) is 27.6. The van der Waals surface area contributed by atoms with Gasteiger partial charge in [-0.1, -0.05) is 18.2 Å². The minimum atomic E-state index is -1.06. The molecule has 3 aromatic carbocycles. The molecule has 1 fully saturated rings. The Morgan fingerprint density at radius 1 is 0.976 bits per heavy atom. The highest BCUT2D eigenvalue weighted by atomic mass is 16.8. The number of fused-ring (bicyclic) bond motifs is 6. The first kappa shape index (κ1) is 29.0. The van der Waals surface area contributed by atoms with Crippen molar-refractivity contribution in [2.24, 2.45) is 11.5 Å². The summed E-state index contributed by atoms with van der Waals surface area (Å²) in [6, 6.07) is 15.8. The predicted octanol–water partition coefficient (Wildman–Crippen LogP) is 2.53. The van der Waals surface area contributed by atoms with E-state index < -0.39 is 29.8 Å². The van der Waals surface area contributed by atoms with Crippen LogP contribution in [0.15, 0.2) is 54.6 Å². The second kappa shape index (κ2) is 12.1. The average molecular weight is 577 g/mol. The van der Waals surface area contributed by atoms with E-state index in [9.17, 15) is 9.59 Å². The highest BCUT2D eigenvalue weighted by molar-refractivity contribution is 5.96. The standard InChI is InChI=1S/C30H36N6O6/c1-30-20-5-2-4-17(10-20)16-39-8-3-9-40-24-13-19(29(34)38)12-22(32)27(24)36-15-26(42-30)25(41-30)14-35-23-7-6-18(28(33)37)11-21(23)31/h2,4-7,10-13,25-26,35-36H,3,8-9,14-16,31-32H2,1H3,(H2,33,37)(H2,34,38)/t25-,26-,30?/m1/s1. The van der Waals surface area contributed by atoms with Crippen molar-refractivity contribution in [1.29, 1.82) is 0 Å². The van der Waals surface area contributed by atoms with Crippen molar-refractivity contribution in [3.05, 3.63) is 76.9 Å². The van der Waals surface area contributed by atoms with Crippen LogP contribution in [-0.2, 0) is 26.6 Å². The second-order valence-corrected chi connectivity index (χ2v) is 10.4. The summed E-state index contributed by atoms with van der Waals surface area (Å²) in [7, 11) is 0. The Labute approximate surface area is 243 Å². The largest absolute Gasteiger partial charge is 0.491 e. The Kier molecular flexibility index (Phi) is 8.39. The fourth-order valence-electron chi connectivity index (χ4n) is 5.09. The Morgan fingerprint density at radius 2 is 1.76 bits per heavy atom. The zero-order chi connectivity index (χ0) is 29.9. The molecule has 10 N–H and O–H groups in total. The van der Waals surface area contributed by atoms with Gasteiger partial charge in [-0.15, -0.1) is 0 Å². The smallest absolute Gasteiger partial charge is 0.248 e. The van der Waals surface area contributed by atoms with E-state index in [4.69, 9.17) is 41.9 Å². The van der Waals surface area contributed by atoms with Crippen LogP contribution in [0.4, 0.5) is 22.7 Å². The summed E-state index contributed by atoms with van der Waals surface area (Å²) in [6.07, 6.45) is -0.266. The third-order valence-electron chi connectivity index (χ3n) is 7.30. The maximum atomic E-state index is 11.9. The summed E-state index contributed by atoms with van der Waals surface area (Å²) >= 11 is 0. The van der Waals surface area contributed by atoms with E-state index >= 15 is 0 Å². The molecule has 12 nitrogen and oxygen atoms in total. The van der Waals surface area contributed by atoms with Gasteiger partial charge in [0.15, 0.2) is 5.79 Å². The lowest BCUT2D eigenvalue weighted by Gasteiger charge is -2.25. The monoisotopic (exact) mass is 576 g/mol. The molecule has 0 aliphatic carbocycles. The fourth-order valence-corrected chi connectivity index (χ4v) is 5.09. The first-order valence-corrected chi connectivity index (χ1v) is 13.7. The summed E-state index contributed by atoms with van der Waals surface area (Å²) in [4.78, 5) is 23.4. The number of primary amides is 2. The molecule has 3 aromatic rings. The SMILES string of the molecule is CC12O[C@H](CNc3ccc(C(N)=O)cc3N)[C@@H](CNc3c(N)cc(C(N)=O)cc3OCCCOCc3cccc1c3)O2. The van der Waals surface area contributed by atoms with Crippen LogP contribution in [0.1, 0.15) is 45.2 Å². The number of ether oxygens (including phenoxy) is 4. The Bertz CT molecular complexity index is 1480. The number of anilines is 4. The highest BCUT2D eigenvalue weighted by Gasteiger charge is 2.45. The second-order valence-electron chi connectivity index (χ2n) is 10.4. The van der Waals surface area contributed by atoms with E-state index in [1.165, 1.54) is 12.1 Å². The molecule has 0 spiro atoms. The van der Waals surface area contributed by atoms with Crippen LogP contribution in [0.3, 0.4) is 0 Å². The molecule has 0 radical (unpaired) electrons. The van der Waals surface area contributed by atoms with Gasteiger partial charge in [-0.2, -0.15) is 0 Å². The van der Waals surface area contributed by atoms with E-state index in [0.717, 1.165) is 11.1 Å². The number of carbonyl (C=O) groups is 2. The van der Waals surface area contributed by atoms with Crippen molar-refractivity contribution in [2.75, 3.05) is 48.4 Å². The Morgan fingerprint density at radius 3 is 2.52 bits per heavy atom. The fraction of sp³-hybridized carbons (Fsp3) is 0.333. The van der Waals surface area contributed by atoms with Gasteiger partial charge in [0.25, 0.3) is 0 Å². The van der Waals surface area contributed by atoms with Gasteiger partial charge >= 0.3 is 0 Å². The van der Waals surface area contributed by atoms with E-state index in [-0.39, 0.29) is 5.56 Å². The first-order chi connectivity index (χ1) is 20.1. The highest BCUT2D eigenvalue weighted by Crippen LogP contribution is 2.39. The van der Waals surface area contributed by atoms with Crippen LogP contribution in [0, 0.1) is 0 Å². The van der Waals surface area contributed by atoms with Crippen molar-refractivity contribution < 1.29 is 28.5 Å². The topological polar surface area (TPSA) is 199 Å². The lowest BCUT2D eigenvalue weighted by Crippen LogP contribution is -2.35. The van der Waals surface area contributed by atoms with Gasteiger partial charge in [0.1, 0.15) is 23.6 Å². The van der Waals surface area contributed by atoms with Crippen molar-refractivity contribution in [3.8, 4) is 5.75 Å². The third-order valence-corrected chi connectivity index (χ3v) is 7.30. The van der Waals surface area contributed by atoms with E-state index in [1.807, 2.05) is 31.2 Å². The molecule has 2 aliphatic heterocycles. The molecule has 0 aromatic heterocycles. The molecule has 12 heteroatoms. The van der Waals surface area contributed by atoms with Crippen molar-refractivity contribution >= 4 is 34.6 Å². The Balaban J connectivity index is 1.44. The molecule has 5 rings (SSSR count). The molecule has 42 heavy (non-hydrogen) atoms. The number of nitrogens with one attached hydrogen (secondary N) is 2. The number of carbonyl (C=O) groups excluding carboxylic acids is 2. The normalized spacial score (nSPS) is 22.3. The van der Waals surface area contributed by atoms with E-state index in [0.29, 0.717) is 73.4 Å². The van der Waals surface area contributed by atoms with Crippen LogP contribution in [-0.4, -0.2) is 50.3 Å². The maximum absolute atomic E-state index is 11.9. The summed E-state index contributed by atoms with van der Waals surface area (Å²) < 4.78 is 25.0. The number of amides is 2. The van der Waals surface area contributed by atoms with Crippen LogP contribution in [0.25, 0.3) is 0 Å². The quantitative estimate of drug-likeness (QED) is 0.245.